The molecule has 1 amide bonds. The first-order valence-electron chi connectivity index (χ1n) is 14.4. The number of nitrogens with one attached hydrogen (secondary N) is 1. The van der Waals surface area contributed by atoms with Gasteiger partial charge in [0.2, 0.25) is 0 Å². The van der Waals surface area contributed by atoms with Crippen LogP contribution in [-0.2, 0) is 9.53 Å². The molecule has 44 heavy (non-hydrogen) atoms. The van der Waals surface area contributed by atoms with Gasteiger partial charge >= 0.3 is 0 Å². The van der Waals surface area contributed by atoms with Crippen LogP contribution in [0.15, 0.2) is 72.9 Å². The van der Waals surface area contributed by atoms with Crippen molar-refractivity contribution in [1.82, 2.24) is 9.72 Å². The third-order valence-corrected chi connectivity index (χ3v) is 8.09. The van der Waals surface area contributed by atoms with E-state index in [0.717, 1.165) is 45.8 Å². The van der Waals surface area contributed by atoms with E-state index < -0.39 is 11.7 Å². The fourth-order valence-corrected chi connectivity index (χ4v) is 5.98. The maximum Gasteiger partial charge on any atom is 0.294 e. The van der Waals surface area contributed by atoms with Gasteiger partial charge in [-0.2, -0.15) is 0 Å². The number of aromatic nitrogens is 1. The number of rotatable bonds is 10. The molecule has 0 bridgehead atoms. The van der Waals surface area contributed by atoms with E-state index in [9.17, 15) is 9.59 Å². The molecule has 2 aromatic heterocycles. The van der Waals surface area contributed by atoms with Crippen LogP contribution in [0.25, 0.3) is 38.5 Å². The first kappa shape index (κ1) is 29.1. The average molecular weight is 595 g/mol. The Balaban J connectivity index is 1.68. The number of benzene rings is 3. The van der Waals surface area contributed by atoms with Crippen molar-refractivity contribution in [2.45, 2.75) is 18.9 Å². The second kappa shape index (κ2) is 12.3. The number of Topliss-reactive ketones (excluding diaryl/α,β-unsaturated/α-hetero) is 1. The summed E-state index contributed by atoms with van der Waals surface area (Å²) in [4.78, 5) is 27.7. The van der Waals surface area contributed by atoms with Crippen LogP contribution >= 0.6 is 0 Å². The second-order valence-electron chi connectivity index (χ2n) is 10.5. The molecular formula is C35H34N2O7. The van der Waals surface area contributed by atoms with Gasteiger partial charge in [-0.1, -0.05) is 36.4 Å². The van der Waals surface area contributed by atoms with Crippen molar-refractivity contribution in [2.24, 2.45) is 0 Å². The number of methoxy groups -OCH3 is 4. The monoisotopic (exact) mass is 594 g/mol. The molecule has 0 radical (unpaired) electrons. The van der Waals surface area contributed by atoms with E-state index in [1.807, 2.05) is 72.9 Å². The van der Waals surface area contributed by atoms with Gasteiger partial charge < -0.3 is 33.4 Å². The van der Waals surface area contributed by atoms with Crippen LogP contribution < -0.4 is 24.3 Å². The lowest BCUT2D eigenvalue weighted by atomic mass is 9.93. The van der Waals surface area contributed by atoms with E-state index in [1.54, 1.807) is 32.8 Å². The summed E-state index contributed by atoms with van der Waals surface area (Å²) in [6.07, 6.45) is 3.50. The zero-order valence-corrected chi connectivity index (χ0v) is 25.1. The fraction of sp³-hybridized carbons (Fsp3) is 0.257. The van der Waals surface area contributed by atoms with E-state index >= 15 is 0 Å². The fourth-order valence-electron chi connectivity index (χ4n) is 5.98. The summed E-state index contributed by atoms with van der Waals surface area (Å²) < 4.78 is 29.9. The van der Waals surface area contributed by atoms with Crippen LogP contribution in [0.4, 0.5) is 0 Å². The maximum atomic E-state index is 14.2. The highest BCUT2D eigenvalue weighted by molar-refractivity contribution is 6.44. The first-order valence-corrected chi connectivity index (χ1v) is 14.4. The molecule has 0 spiro atoms. The summed E-state index contributed by atoms with van der Waals surface area (Å²) in [5.41, 5.74) is 3.91. The number of fused-ring (bicyclic) bond motifs is 3. The molecular weight excluding hydrogens is 560 g/mol. The van der Waals surface area contributed by atoms with Crippen LogP contribution in [0, 0.1) is 0 Å². The van der Waals surface area contributed by atoms with Gasteiger partial charge in [-0.25, -0.2) is 0 Å². The van der Waals surface area contributed by atoms with Crippen LogP contribution in [-0.4, -0.2) is 63.8 Å². The van der Waals surface area contributed by atoms with Gasteiger partial charge in [0.15, 0.2) is 23.0 Å². The Morgan fingerprint density at radius 3 is 2.20 bits per heavy atom. The molecule has 226 valence electrons. The normalized spacial score (nSPS) is 14.5. The predicted octanol–water partition coefficient (Wildman–Crippen LogP) is 5.94. The number of amides is 1. The summed E-state index contributed by atoms with van der Waals surface area (Å²) in [7, 11) is 6.34. The van der Waals surface area contributed by atoms with Crippen molar-refractivity contribution >= 4 is 28.0 Å². The van der Waals surface area contributed by atoms with Gasteiger partial charge in [0.05, 0.1) is 40.1 Å². The van der Waals surface area contributed by atoms with Crippen molar-refractivity contribution < 1.29 is 33.3 Å². The van der Waals surface area contributed by atoms with Gasteiger partial charge in [-0.3, -0.25) is 9.59 Å². The molecule has 5 aromatic rings. The number of carbonyl (C=O) groups is 2. The molecule has 1 saturated heterocycles. The Kier molecular flexibility index (Phi) is 8.13. The van der Waals surface area contributed by atoms with E-state index in [0.29, 0.717) is 35.2 Å². The molecule has 0 aliphatic carbocycles. The Morgan fingerprint density at radius 2 is 1.52 bits per heavy atom. The molecule has 1 fully saturated rings. The lowest BCUT2D eigenvalue weighted by Crippen LogP contribution is -2.37. The third-order valence-electron chi connectivity index (χ3n) is 8.09. The number of pyridine rings is 1. The van der Waals surface area contributed by atoms with E-state index in [1.165, 1.54) is 0 Å². The molecule has 9 heteroatoms. The van der Waals surface area contributed by atoms with Crippen LogP contribution in [0.5, 0.6) is 23.0 Å². The van der Waals surface area contributed by atoms with Gasteiger partial charge in [0, 0.05) is 35.9 Å². The second-order valence-corrected chi connectivity index (χ2v) is 10.5. The van der Waals surface area contributed by atoms with Crippen LogP contribution in [0.2, 0.25) is 0 Å². The quantitative estimate of drug-likeness (QED) is 0.158. The molecule has 3 aromatic carbocycles. The minimum Gasteiger partial charge on any atom is -0.493 e. The Labute approximate surface area is 255 Å². The lowest BCUT2D eigenvalue weighted by Gasteiger charge is -2.13. The van der Waals surface area contributed by atoms with E-state index in [-0.39, 0.29) is 18.3 Å². The number of nitrogens with zero attached hydrogens (tertiary/aromatic N) is 1. The van der Waals surface area contributed by atoms with Gasteiger partial charge in [0.25, 0.3) is 11.7 Å². The number of hydrogen-bond acceptors (Lipinski definition) is 7. The maximum absolute atomic E-state index is 14.2. The van der Waals surface area contributed by atoms with Gasteiger partial charge in [-0.15, -0.1) is 0 Å². The minimum atomic E-state index is -0.691. The average Bonchev–Trinajstić information content (AvgIpc) is 3.72. The van der Waals surface area contributed by atoms with E-state index in [2.05, 4.69) is 5.32 Å². The summed E-state index contributed by atoms with van der Waals surface area (Å²) >= 11 is 0. The molecule has 1 aliphatic heterocycles. The summed E-state index contributed by atoms with van der Waals surface area (Å²) in [5, 5.41) is 4.50. The highest BCUT2D eigenvalue weighted by Gasteiger charge is 2.31. The summed E-state index contributed by atoms with van der Waals surface area (Å²) in [6, 6.07) is 20.9. The number of carbonyl (C=O) groups excluding carboxylic acids is 2. The van der Waals surface area contributed by atoms with E-state index in [4.69, 9.17) is 23.7 Å². The highest BCUT2D eigenvalue weighted by atomic mass is 16.5. The number of ether oxygens (including phenoxy) is 5. The number of ketones is 1. The summed E-state index contributed by atoms with van der Waals surface area (Å²) in [5.74, 6) is 0.881. The van der Waals surface area contributed by atoms with Crippen LogP contribution in [0.1, 0.15) is 23.3 Å². The molecule has 9 nitrogen and oxygen atoms in total. The predicted molar refractivity (Wildman–Crippen MR) is 168 cm³/mol. The van der Waals surface area contributed by atoms with Crippen LogP contribution in [0.3, 0.4) is 0 Å². The number of hydrogen-bond donors (Lipinski definition) is 1. The summed E-state index contributed by atoms with van der Waals surface area (Å²) in [6.45, 7) is 0.934. The van der Waals surface area contributed by atoms with Crippen molar-refractivity contribution in [2.75, 3.05) is 41.6 Å². The molecule has 0 unspecified atom stereocenters. The van der Waals surface area contributed by atoms with Gasteiger partial charge in [0.1, 0.15) is 5.69 Å². The molecule has 1 N–H and O–H groups in total. The topological polar surface area (TPSA) is 96.7 Å². The zero-order chi connectivity index (χ0) is 30.8. The molecule has 0 saturated carbocycles. The van der Waals surface area contributed by atoms with Gasteiger partial charge in [-0.05, 0) is 59.7 Å². The van der Waals surface area contributed by atoms with Crippen molar-refractivity contribution in [3.8, 4) is 45.3 Å². The third kappa shape index (κ3) is 5.09. The largest absolute Gasteiger partial charge is 0.493 e. The molecule has 1 atom stereocenters. The Bertz CT molecular complexity index is 1860. The minimum absolute atomic E-state index is 0.0990. The first-order chi connectivity index (χ1) is 21.5. The van der Waals surface area contributed by atoms with Crippen molar-refractivity contribution in [3.05, 3.63) is 78.6 Å². The Morgan fingerprint density at radius 1 is 0.818 bits per heavy atom. The Hall–Kier alpha value is -5.02. The lowest BCUT2D eigenvalue weighted by molar-refractivity contribution is -0.117. The molecule has 3 heterocycles. The highest BCUT2D eigenvalue weighted by Crippen LogP contribution is 2.46. The molecule has 6 rings (SSSR count). The zero-order valence-electron chi connectivity index (χ0n) is 25.1. The SMILES string of the molecule is COc1ccc(-c2c(-c3ccccc3)c(C(=O)C(=O)NC[C@H]3CCCO3)n3ccc4cc(OC)c(OC)cc4c23)cc1OC. The van der Waals surface area contributed by atoms with Crippen molar-refractivity contribution in [1.29, 1.82) is 0 Å². The molecule has 1 aliphatic rings. The van der Waals surface area contributed by atoms with Crippen molar-refractivity contribution in [3.63, 3.8) is 0 Å². The standard InChI is InChI=1S/C35H34N2O7/c1-40-26-13-12-23(18-27(26)41-2)31-30(21-9-6-5-7-10-21)33(34(38)35(39)36-20-24-11-8-16-44-24)37-15-14-22-17-28(42-3)29(43-4)19-25(22)32(31)37/h5-7,9-10,12-15,17-19,24H,8,11,16,20H2,1-4H3,(H,36,39)/t24-/m1/s1. The smallest absolute Gasteiger partial charge is 0.294 e.